The fourth-order valence-electron chi connectivity index (χ4n) is 2.80. The van der Waals surface area contributed by atoms with Gasteiger partial charge in [-0.25, -0.2) is 0 Å². The minimum Gasteiger partial charge on any atom is -0.496 e. The van der Waals surface area contributed by atoms with Gasteiger partial charge in [0.2, 0.25) is 0 Å². The second kappa shape index (κ2) is 9.94. The van der Waals surface area contributed by atoms with Crippen molar-refractivity contribution in [2.24, 2.45) is 0 Å². The first kappa shape index (κ1) is 20.7. The smallest absolute Gasteiger partial charge is 0.193 e. The molecule has 150 valence electrons. The SMILES string of the molecule is COc1cc(OC)c(C(=O)Pc2ccc(OCc3ccccc3)cc2)c(OC)c1. The first-order valence-corrected chi connectivity index (χ1v) is 10.0. The molecule has 0 bridgehead atoms. The van der Waals surface area contributed by atoms with Crippen LogP contribution in [0.4, 0.5) is 0 Å². The van der Waals surface area contributed by atoms with Crippen molar-refractivity contribution in [3.8, 4) is 23.0 Å². The third-order valence-corrected chi connectivity index (χ3v) is 5.40. The summed E-state index contributed by atoms with van der Waals surface area (Å²) < 4.78 is 21.8. The van der Waals surface area contributed by atoms with Crippen molar-refractivity contribution < 1.29 is 23.7 Å². The minimum atomic E-state index is -0.0720. The van der Waals surface area contributed by atoms with Crippen LogP contribution in [0.3, 0.4) is 0 Å². The Morgan fingerprint density at radius 1 is 0.793 bits per heavy atom. The molecule has 5 nitrogen and oxygen atoms in total. The zero-order valence-electron chi connectivity index (χ0n) is 16.6. The molecular weight excluding hydrogens is 387 g/mol. The lowest BCUT2D eigenvalue weighted by atomic mass is 10.2. The Hall–Kier alpha value is -3.04. The van der Waals surface area contributed by atoms with E-state index in [1.807, 2.05) is 54.6 Å². The molecule has 0 aromatic heterocycles. The van der Waals surface area contributed by atoms with Crippen LogP contribution >= 0.6 is 8.58 Å². The highest BCUT2D eigenvalue weighted by atomic mass is 31.1. The summed E-state index contributed by atoms with van der Waals surface area (Å²) in [6, 6.07) is 20.9. The first-order valence-electron chi connectivity index (χ1n) is 9.02. The van der Waals surface area contributed by atoms with Gasteiger partial charge in [-0.05, 0) is 31.6 Å². The normalized spacial score (nSPS) is 10.7. The maximum atomic E-state index is 12.9. The van der Waals surface area contributed by atoms with E-state index in [1.165, 1.54) is 14.2 Å². The van der Waals surface area contributed by atoms with Gasteiger partial charge in [0.15, 0.2) is 5.52 Å². The lowest BCUT2D eigenvalue weighted by molar-refractivity contribution is 0.108. The summed E-state index contributed by atoms with van der Waals surface area (Å²) in [5, 5.41) is 0.905. The molecule has 0 heterocycles. The number of carbonyl (C=O) groups is 1. The summed E-state index contributed by atoms with van der Waals surface area (Å²) in [4.78, 5) is 12.9. The highest BCUT2D eigenvalue weighted by molar-refractivity contribution is 7.66. The summed E-state index contributed by atoms with van der Waals surface area (Å²) in [5.74, 6) is 2.19. The third kappa shape index (κ3) is 5.27. The fraction of sp³-hybridized carbons (Fsp3) is 0.174. The largest absolute Gasteiger partial charge is 0.496 e. The maximum Gasteiger partial charge on any atom is 0.193 e. The highest BCUT2D eigenvalue weighted by Crippen LogP contribution is 2.37. The van der Waals surface area contributed by atoms with Crippen LogP contribution in [0, 0.1) is 0 Å². The number of hydrogen-bond donors (Lipinski definition) is 0. The van der Waals surface area contributed by atoms with Crippen molar-refractivity contribution in [3.63, 3.8) is 0 Å². The van der Waals surface area contributed by atoms with Crippen LogP contribution in [0.2, 0.25) is 0 Å². The maximum absolute atomic E-state index is 12.9. The van der Waals surface area contributed by atoms with Crippen molar-refractivity contribution in [1.29, 1.82) is 0 Å². The van der Waals surface area contributed by atoms with Crippen LogP contribution in [0.1, 0.15) is 15.9 Å². The lowest BCUT2D eigenvalue weighted by Crippen LogP contribution is -2.06. The Bertz CT molecular complexity index is 930. The number of rotatable bonds is 9. The van der Waals surface area contributed by atoms with Gasteiger partial charge in [0.1, 0.15) is 35.2 Å². The predicted molar refractivity (Wildman–Crippen MR) is 116 cm³/mol. The van der Waals surface area contributed by atoms with Crippen molar-refractivity contribution in [1.82, 2.24) is 0 Å². The van der Waals surface area contributed by atoms with Crippen molar-refractivity contribution in [3.05, 3.63) is 77.9 Å². The summed E-state index contributed by atoms with van der Waals surface area (Å²) in [6.07, 6.45) is 0. The van der Waals surface area contributed by atoms with Crippen molar-refractivity contribution >= 4 is 19.4 Å². The van der Waals surface area contributed by atoms with Crippen LogP contribution in [0.15, 0.2) is 66.7 Å². The van der Waals surface area contributed by atoms with E-state index in [0.717, 1.165) is 16.6 Å². The van der Waals surface area contributed by atoms with Gasteiger partial charge in [0.05, 0.1) is 21.3 Å². The van der Waals surface area contributed by atoms with E-state index in [1.54, 1.807) is 19.2 Å². The van der Waals surface area contributed by atoms with Gasteiger partial charge in [-0.2, -0.15) is 0 Å². The van der Waals surface area contributed by atoms with Gasteiger partial charge in [0.25, 0.3) is 0 Å². The van der Waals surface area contributed by atoms with Gasteiger partial charge in [0, 0.05) is 12.1 Å². The Morgan fingerprint density at radius 2 is 1.41 bits per heavy atom. The number of benzene rings is 3. The zero-order chi connectivity index (χ0) is 20.6. The van der Waals surface area contributed by atoms with E-state index in [-0.39, 0.29) is 14.1 Å². The zero-order valence-corrected chi connectivity index (χ0v) is 17.6. The van der Waals surface area contributed by atoms with Crippen LogP contribution < -0.4 is 24.3 Å². The fourth-order valence-corrected chi connectivity index (χ4v) is 3.77. The minimum absolute atomic E-state index is 0.0701. The average Bonchev–Trinajstić information content (AvgIpc) is 2.78. The molecular formula is C23H23O5P. The van der Waals surface area contributed by atoms with Gasteiger partial charge in [-0.3, -0.25) is 4.79 Å². The van der Waals surface area contributed by atoms with Crippen molar-refractivity contribution in [2.75, 3.05) is 21.3 Å². The molecule has 0 amide bonds. The molecule has 3 aromatic rings. The number of ether oxygens (including phenoxy) is 4. The predicted octanol–water partition coefficient (Wildman–Crippen LogP) is 4.44. The number of methoxy groups -OCH3 is 3. The van der Waals surface area contributed by atoms with Crippen LogP contribution in [0.25, 0.3) is 0 Å². The second-order valence-corrected chi connectivity index (χ2v) is 7.44. The molecule has 1 unspecified atom stereocenters. The average molecular weight is 410 g/mol. The molecule has 3 aromatic carbocycles. The second-order valence-electron chi connectivity index (χ2n) is 6.16. The van der Waals surface area contributed by atoms with E-state index in [4.69, 9.17) is 18.9 Å². The van der Waals surface area contributed by atoms with E-state index in [9.17, 15) is 4.79 Å². The lowest BCUT2D eigenvalue weighted by Gasteiger charge is -2.14. The van der Waals surface area contributed by atoms with Crippen LogP contribution in [-0.4, -0.2) is 26.9 Å². The molecule has 3 rings (SSSR count). The summed E-state index contributed by atoms with van der Waals surface area (Å²) in [6.45, 7) is 0.502. The van der Waals surface area contributed by atoms with E-state index in [2.05, 4.69) is 0 Å². The Labute approximate surface area is 172 Å². The Kier molecular flexibility index (Phi) is 7.09. The number of hydrogen-bond acceptors (Lipinski definition) is 5. The van der Waals surface area contributed by atoms with Crippen LogP contribution in [0.5, 0.6) is 23.0 Å². The molecule has 0 spiro atoms. The summed E-state index contributed by atoms with van der Waals surface area (Å²) in [5.41, 5.74) is 1.45. The molecule has 0 saturated carbocycles. The molecule has 0 aliphatic rings. The molecule has 0 saturated heterocycles. The van der Waals surface area contributed by atoms with Gasteiger partial charge >= 0.3 is 0 Å². The molecule has 0 radical (unpaired) electrons. The quantitative estimate of drug-likeness (QED) is 0.489. The van der Waals surface area contributed by atoms with E-state index < -0.39 is 0 Å². The third-order valence-electron chi connectivity index (χ3n) is 4.30. The molecule has 1 atom stereocenters. The number of carbonyl (C=O) groups excluding carboxylic acids is 1. The highest BCUT2D eigenvalue weighted by Gasteiger charge is 2.20. The molecule has 0 fully saturated rings. The molecule has 6 heteroatoms. The first-order chi connectivity index (χ1) is 14.1. The van der Waals surface area contributed by atoms with Gasteiger partial charge in [-0.15, -0.1) is 0 Å². The topological polar surface area (TPSA) is 54.0 Å². The molecule has 0 aliphatic carbocycles. The molecule has 0 aliphatic heterocycles. The van der Waals surface area contributed by atoms with Gasteiger partial charge < -0.3 is 18.9 Å². The van der Waals surface area contributed by atoms with Crippen LogP contribution in [-0.2, 0) is 6.61 Å². The monoisotopic (exact) mass is 410 g/mol. The summed E-state index contributed by atoms with van der Waals surface area (Å²) >= 11 is 0. The van der Waals surface area contributed by atoms with E-state index in [0.29, 0.717) is 29.4 Å². The molecule has 29 heavy (non-hydrogen) atoms. The molecule has 0 N–H and O–H groups in total. The van der Waals surface area contributed by atoms with Gasteiger partial charge in [-0.1, -0.05) is 42.5 Å². The van der Waals surface area contributed by atoms with E-state index >= 15 is 0 Å². The standard InChI is InChI=1S/C23H23O5P/c1-25-18-13-20(26-2)22(21(14-18)27-3)23(24)29-19-11-9-17(10-12-19)28-15-16-7-5-4-6-8-16/h4-14,29H,15H2,1-3H3. The van der Waals surface area contributed by atoms with Crippen molar-refractivity contribution in [2.45, 2.75) is 6.61 Å². The Morgan fingerprint density at radius 3 is 1.97 bits per heavy atom. The summed E-state index contributed by atoms with van der Waals surface area (Å²) in [7, 11) is 4.52. The Balaban J connectivity index is 1.71.